The molecule has 5 fully saturated rings. The van der Waals surface area contributed by atoms with Gasteiger partial charge in [-0.3, -0.25) is 99.3 Å². The molecule has 10 rings (SSSR count). The van der Waals surface area contributed by atoms with Crippen molar-refractivity contribution >= 4 is 45.1 Å². The number of aromatic amines is 5. The first-order valence-electron chi connectivity index (χ1n) is 31.3. The summed E-state index contributed by atoms with van der Waals surface area (Å²) < 4.78 is 148. The van der Waals surface area contributed by atoms with Crippen molar-refractivity contribution in [2.75, 3.05) is 33.0 Å². The Kier molecular flexibility index (Phi) is 25.3. The first-order chi connectivity index (χ1) is 50.6. The van der Waals surface area contributed by atoms with Crippen molar-refractivity contribution < 1.29 is 152 Å². The highest BCUT2D eigenvalue weighted by Gasteiger charge is 2.55. The fourth-order valence-electron chi connectivity index (χ4n) is 11.7. The number of hydrogen-bond donors (Lipinski definition) is 11. The number of aromatic nitrogens is 10. The summed E-state index contributed by atoms with van der Waals surface area (Å²) in [4.78, 5) is 225. The van der Waals surface area contributed by atoms with Gasteiger partial charge in [0.25, 0.3) is 66.9 Å². The molecular formula is C52H64N10O42P5-5. The summed E-state index contributed by atoms with van der Waals surface area (Å²) in [6, 6.07) is 0. The molecule has 5 aliphatic heterocycles. The van der Waals surface area contributed by atoms with E-state index in [1.165, 1.54) is 13.8 Å². The van der Waals surface area contributed by atoms with Gasteiger partial charge in [0.05, 0.1) is 33.0 Å². The van der Waals surface area contributed by atoms with Gasteiger partial charge in [0.1, 0.15) is 85.5 Å². The highest BCUT2D eigenvalue weighted by molar-refractivity contribution is 7.46. The normalized spacial score (nSPS) is 31.9. The third kappa shape index (κ3) is 19.2. The monoisotopic (exact) mass is 1660 g/mol. The van der Waals surface area contributed by atoms with E-state index in [4.69, 9.17) is 64.6 Å². The number of rotatable bonds is 29. The lowest BCUT2D eigenvalue weighted by atomic mass is 10.1. The predicted molar refractivity (Wildman–Crippen MR) is 335 cm³/mol. The lowest BCUT2D eigenvalue weighted by molar-refractivity contribution is -0.241. The Balaban J connectivity index is 0.885. The van der Waals surface area contributed by atoms with Gasteiger partial charge in [0.15, 0.2) is 37.2 Å². The highest BCUT2D eigenvalue weighted by Crippen LogP contribution is 2.52. The number of hydrogen-bond acceptors (Lipinski definition) is 41. The molecule has 5 aromatic rings. The first kappa shape index (κ1) is 84.5. The molecule has 5 unspecified atom stereocenters. The molecule has 5 saturated heterocycles. The summed E-state index contributed by atoms with van der Waals surface area (Å²) in [5.74, 6) is -1.08. The van der Waals surface area contributed by atoms with E-state index in [0.717, 1.165) is 58.7 Å². The van der Waals surface area contributed by atoms with Gasteiger partial charge in [-0.1, -0.05) is 0 Å². The molecule has 0 spiro atoms. The maximum absolute atomic E-state index is 14.1. The molecule has 604 valence electrons. The average molecular weight is 1660 g/mol. The van der Waals surface area contributed by atoms with Crippen molar-refractivity contribution in [3.05, 3.63) is 163 Å². The number of nitrogens with one attached hydrogen (secondary N) is 5. The molecule has 109 heavy (non-hydrogen) atoms. The van der Waals surface area contributed by atoms with Crippen molar-refractivity contribution in [1.29, 1.82) is 0 Å². The van der Waals surface area contributed by atoms with Gasteiger partial charge in [-0.05, 0) is 34.6 Å². The summed E-state index contributed by atoms with van der Waals surface area (Å²) in [7, 11) is -30.5. The van der Waals surface area contributed by atoms with Crippen molar-refractivity contribution in [3.8, 4) is 0 Å². The van der Waals surface area contributed by atoms with Gasteiger partial charge < -0.3 is 124 Å². The SMILES string of the molecule is CC(=O)O[C@H]1[C@@H](O)[C@H](n2cc(C)c(=O)[nH]c2=O)O[C@@H]1COP(=O)([O-])O[C@H]1[C@@H](O)[C@H](n2cc(C)c(=O)[nH]c2=O)O[C@@H]1COP(=O)([O-])O[C@H]1[C@@H](O)[C@H](n2cc(C)c(=O)[nH]c2=O)O[C@@H]1COP(=O)([O-])O[C@H]1[C@@H](O)[C@H](n2cc(C)c(=O)[nH]c2=O)O[C@@H]1COP(=O)([O-])O[C@H]1[C@@H](O)[C@H](n2cc(C)c(=O)[nH]c2=O)O[C@@H]1COP(=O)([O-])O. The molecule has 0 saturated carbocycles. The molecule has 0 radical (unpaired) electrons. The Bertz CT molecular complexity index is 5180. The Morgan fingerprint density at radius 2 is 0.550 bits per heavy atom. The minimum absolute atomic E-state index is 0.0831. The largest absolute Gasteiger partial charge is 0.756 e. The lowest BCUT2D eigenvalue weighted by Crippen LogP contribution is -2.41. The molecule has 0 aromatic carbocycles. The Labute approximate surface area is 603 Å². The van der Waals surface area contributed by atoms with Crippen LogP contribution in [0.15, 0.2) is 78.9 Å². The number of aliphatic hydroxyl groups is 5. The molecule has 57 heteroatoms. The fourth-order valence-corrected chi connectivity index (χ4v) is 15.8. The fraction of sp³-hybridized carbons (Fsp3) is 0.596. The zero-order valence-electron chi connectivity index (χ0n) is 56.3. The van der Waals surface area contributed by atoms with Crippen LogP contribution in [0.4, 0.5) is 0 Å². The van der Waals surface area contributed by atoms with Crippen LogP contribution in [-0.2, 0) is 96.8 Å². The minimum atomic E-state index is -6.33. The third-order valence-corrected chi connectivity index (χ3v) is 21.3. The number of phosphoric acid groups is 5. The second kappa shape index (κ2) is 32.6. The summed E-state index contributed by atoms with van der Waals surface area (Å²) in [6.45, 7) is -0.625. The smallest absolute Gasteiger partial charge is 0.330 e. The van der Waals surface area contributed by atoms with Gasteiger partial charge in [-0.15, -0.1) is 0 Å². The topological polar surface area (TPSA) is 752 Å². The van der Waals surface area contributed by atoms with E-state index in [9.17, 15) is 130 Å². The molecule has 11 N–H and O–H groups in total. The van der Waals surface area contributed by atoms with Crippen LogP contribution >= 0.6 is 39.1 Å². The molecule has 25 atom stereocenters. The number of H-pyrrole nitrogens is 5. The maximum Gasteiger partial charge on any atom is 0.330 e. The Morgan fingerprint density at radius 1 is 0.367 bits per heavy atom. The molecule has 0 bridgehead atoms. The van der Waals surface area contributed by atoms with Crippen molar-refractivity contribution in [3.63, 3.8) is 0 Å². The summed E-state index contributed by atoms with van der Waals surface area (Å²) in [5.41, 5.74) is -12.2. The number of aliphatic hydroxyl groups excluding tert-OH is 5. The van der Waals surface area contributed by atoms with Gasteiger partial charge in [0.2, 0.25) is 0 Å². The van der Waals surface area contributed by atoms with Crippen LogP contribution in [0.5, 0.6) is 0 Å². The molecule has 5 aliphatic rings. The van der Waals surface area contributed by atoms with E-state index in [0.29, 0.717) is 22.8 Å². The van der Waals surface area contributed by atoms with Crippen LogP contribution in [0, 0.1) is 34.6 Å². The van der Waals surface area contributed by atoms with Gasteiger partial charge >= 0.3 is 34.4 Å². The molecule has 10 heterocycles. The predicted octanol–water partition coefficient (Wildman–Crippen LogP) is -10.5. The highest BCUT2D eigenvalue weighted by atomic mass is 31.2. The van der Waals surface area contributed by atoms with E-state index in [-0.39, 0.29) is 27.8 Å². The summed E-state index contributed by atoms with van der Waals surface area (Å²) >= 11 is 0. The molecule has 5 aromatic heterocycles. The maximum atomic E-state index is 14.1. The van der Waals surface area contributed by atoms with E-state index >= 15 is 0 Å². The second-order valence-corrected chi connectivity index (χ2v) is 31.4. The van der Waals surface area contributed by atoms with Crippen LogP contribution in [0.1, 0.15) is 65.9 Å². The number of carbonyl (C=O) groups excluding carboxylic acids is 1. The van der Waals surface area contributed by atoms with Crippen molar-refractivity contribution in [2.24, 2.45) is 0 Å². The number of aryl methyl sites for hydroxylation is 5. The average Bonchev–Trinajstić information content (AvgIpc) is 1.31. The Morgan fingerprint density at radius 3 is 0.743 bits per heavy atom. The standard InChI is InChI=1S/C52H69N10O42P5/c1-17-7-58(48(74)53-38(17)69)43-28(64)33(95-22(6)63)23(96-43)13-91-106(82,83)102-35-25(98-45(30(35)66)60-9-19(3)40(71)55-50(60)76)15-93-108(86,87)104-37-27(100-47(32(37)68)62-11-21(5)42(73)57-52(62)78)16-94-109(88,89)103-36-26(99-46(31(36)67)61-10-20(4)41(72)56-51(61)77)14-92-107(84,85)101-34-24(12-90-105(79,80)81)97-44(29(34)65)59-8-18(2)39(70)54-49(59)75/h7-11,23-37,43-47,64-68H,12-16H2,1-6H3,(H,82,83)(H,84,85)(H,86,87)(H,88,89)(H,53,69,74)(H,54,70,75)(H,55,71,76)(H,56,72,77)(H,57,73,78)(H2,79,80,81)/p-5/t23-,24-,25-,26-,27-,28-,29-,30-,31-,32-,33-,34-,35-,36-,37-,43-,44-,45-,46-,47-/m1/s1. The number of esters is 1. The van der Waals surface area contributed by atoms with Gasteiger partial charge in [-0.2, -0.15) is 0 Å². The van der Waals surface area contributed by atoms with Gasteiger partial charge in [0, 0.05) is 65.7 Å². The number of nitrogens with zero attached hydrogens (tertiary/aromatic N) is 5. The van der Waals surface area contributed by atoms with E-state index in [2.05, 4.69) is 4.52 Å². The summed E-state index contributed by atoms with van der Waals surface area (Å²) in [6.07, 6.45) is -40.8. The molecule has 0 amide bonds. The van der Waals surface area contributed by atoms with E-state index < -0.39 is 257 Å². The number of carbonyl (C=O) groups is 1. The Hall–Kier alpha value is -6.98. The van der Waals surface area contributed by atoms with Crippen LogP contribution < -0.4 is 80.7 Å². The van der Waals surface area contributed by atoms with E-state index in [1.54, 1.807) is 0 Å². The quantitative estimate of drug-likeness (QED) is 0.0156. The van der Waals surface area contributed by atoms with Crippen LogP contribution in [0.3, 0.4) is 0 Å². The number of ether oxygens (including phenoxy) is 6. The summed E-state index contributed by atoms with van der Waals surface area (Å²) in [5, 5.41) is 57.6. The first-order valence-corrected chi connectivity index (χ1v) is 38.7. The molecule has 0 aliphatic carbocycles. The van der Waals surface area contributed by atoms with Crippen LogP contribution in [0.2, 0.25) is 0 Å². The van der Waals surface area contributed by atoms with E-state index in [1.807, 2.05) is 24.9 Å². The van der Waals surface area contributed by atoms with Gasteiger partial charge in [-0.25, -0.2) is 24.0 Å². The van der Waals surface area contributed by atoms with Crippen LogP contribution in [0.25, 0.3) is 0 Å². The third-order valence-electron chi connectivity index (χ3n) is 16.9. The number of phosphoric ester groups is 5. The molecular weight excluding hydrogens is 1590 g/mol. The minimum Gasteiger partial charge on any atom is -0.756 e. The molecule has 52 nitrogen and oxygen atoms in total. The zero-order chi connectivity index (χ0) is 80.4. The van der Waals surface area contributed by atoms with Crippen molar-refractivity contribution in [2.45, 2.75) is 164 Å². The second-order valence-electron chi connectivity index (χ2n) is 24.8. The van der Waals surface area contributed by atoms with Crippen molar-refractivity contribution in [1.82, 2.24) is 47.8 Å². The van der Waals surface area contributed by atoms with Crippen LogP contribution in [-0.4, -0.2) is 209 Å². The zero-order valence-corrected chi connectivity index (χ0v) is 60.8. The lowest BCUT2D eigenvalue weighted by Gasteiger charge is -2.33.